The first-order valence-electron chi connectivity index (χ1n) is 9.13. The van der Waals surface area contributed by atoms with Crippen molar-refractivity contribution in [3.63, 3.8) is 0 Å². The van der Waals surface area contributed by atoms with E-state index in [2.05, 4.69) is 15.8 Å². The highest BCUT2D eigenvalue weighted by atomic mass is 16.6. The summed E-state index contributed by atoms with van der Waals surface area (Å²) in [5.41, 5.74) is 5.90. The Hall–Kier alpha value is -4.20. The molecule has 3 rings (SSSR count). The lowest BCUT2D eigenvalue weighted by molar-refractivity contribution is -0.384. The first-order valence-corrected chi connectivity index (χ1v) is 9.13. The smallest absolute Gasteiger partial charge is 0.269 e. The number of hydrazone groups is 1. The van der Waals surface area contributed by atoms with Gasteiger partial charge in [-0.15, -0.1) is 0 Å². The number of nitro groups is 1. The molecule has 0 heterocycles. The molecular weight excluding hydrogens is 384 g/mol. The Morgan fingerprint density at radius 3 is 2.40 bits per heavy atom. The first-order chi connectivity index (χ1) is 14.5. The highest BCUT2D eigenvalue weighted by Gasteiger charge is 2.07. The third kappa shape index (κ3) is 5.90. The molecular formula is C22H20N4O4. The molecule has 0 bridgehead atoms. The van der Waals surface area contributed by atoms with Crippen molar-refractivity contribution >= 4 is 29.2 Å². The van der Waals surface area contributed by atoms with Crippen LogP contribution in [-0.4, -0.2) is 23.7 Å². The fraction of sp³-hybridized carbons (Fsp3) is 0.0909. The first kappa shape index (κ1) is 20.5. The van der Waals surface area contributed by atoms with Crippen LogP contribution in [0.25, 0.3) is 0 Å². The number of para-hydroxylation sites is 1. The minimum Gasteiger partial charge on any atom is -0.483 e. The van der Waals surface area contributed by atoms with Gasteiger partial charge in [0.05, 0.1) is 16.8 Å². The summed E-state index contributed by atoms with van der Waals surface area (Å²) in [6.07, 6.45) is 1.55. The van der Waals surface area contributed by atoms with E-state index in [9.17, 15) is 14.9 Å². The summed E-state index contributed by atoms with van der Waals surface area (Å²) in [4.78, 5) is 22.4. The van der Waals surface area contributed by atoms with Crippen molar-refractivity contribution in [2.24, 2.45) is 5.10 Å². The van der Waals surface area contributed by atoms with E-state index in [4.69, 9.17) is 4.74 Å². The molecule has 8 heteroatoms. The number of aryl methyl sites for hydroxylation is 1. The van der Waals surface area contributed by atoms with Crippen LogP contribution in [0.4, 0.5) is 17.1 Å². The Morgan fingerprint density at radius 2 is 1.70 bits per heavy atom. The van der Waals surface area contributed by atoms with Crippen molar-refractivity contribution in [3.8, 4) is 5.75 Å². The number of amides is 1. The molecule has 0 saturated heterocycles. The van der Waals surface area contributed by atoms with E-state index >= 15 is 0 Å². The maximum absolute atomic E-state index is 12.1. The molecule has 8 nitrogen and oxygen atoms in total. The number of benzene rings is 3. The third-order valence-corrected chi connectivity index (χ3v) is 4.09. The summed E-state index contributed by atoms with van der Waals surface area (Å²) in [6.45, 7) is 1.83. The van der Waals surface area contributed by atoms with Gasteiger partial charge in [0.1, 0.15) is 5.75 Å². The van der Waals surface area contributed by atoms with Crippen molar-refractivity contribution in [3.05, 3.63) is 94.0 Å². The van der Waals surface area contributed by atoms with Crippen LogP contribution < -0.4 is 15.5 Å². The summed E-state index contributed by atoms with van der Waals surface area (Å²) >= 11 is 0. The Morgan fingerprint density at radius 1 is 1.03 bits per heavy atom. The number of hydrogen-bond acceptors (Lipinski definition) is 6. The summed E-state index contributed by atoms with van der Waals surface area (Å²) in [7, 11) is 0. The Kier molecular flexibility index (Phi) is 6.73. The molecule has 0 aromatic heterocycles. The van der Waals surface area contributed by atoms with Crippen molar-refractivity contribution in [1.82, 2.24) is 0 Å². The van der Waals surface area contributed by atoms with E-state index in [-0.39, 0.29) is 18.2 Å². The van der Waals surface area contributed by atoms with E-state index < -0.39 is 4.92 Å². The predicted molar refractivity (Wildman–Crippen MR) is 116 cm³/mol. The van der Waals surface area contributed by atoms with Gasteiger partial charge in [0, 0.05) is 23.4 Å². The van der Waals surface area contributed by atoms with E-state index in [0.29, 0.717) is 22.7 Å². The monoisotopic (exact) mass is 404 g/mol. The molecule has 152 valence electrons. The van der Waals surface area contributed by atoms with Crippen LogP contribution in [-0.2, 0) is 4.79 Å². The number of nitrogens with zero attached hydrogens (tertiary/aromatic N) is 2. The molecule has 0 fully saturated rings. The minimum atomic E-state index is -0.463. The number of nitrogens with one attached hydrogen (secondary N) is 2. The van der Waals surface area contributed by atoms with Gasteiger partial charge in [0.25, 0.3) is 11.6 Å². The molecule has 0 aliphatic rings. The average Bonchev–Trinajstić information content (AvgIpc) is 2.75. The molecule has 1 amide bonds. The number of ether oxygens (including phenoxy) is 1. The van der Waals surface area contributed by atoms with E-state index in [0.717, 1.165) is 5.56 Å². The lowest BCUT2D eigenvalue weighted by atomic mass is 10.2. The molecule has 2 N–H and O–H groups in total. The van der Waals surface area contributed by atoms with Gasteiger partial charge in [-0.1, -0.05) is 29.8 Å². The van der Waals surface area contributed by atoms with Crippen LogP contribution in [0, 0.1) is 17.0 Å². The zero-order valence-corrected chi connectivity index (χ0v) is 16.2. The quantitative estimate of drug-likeness (QED) is 0.329. The van der Waals surface area contributed by atoms with Crippen LogP contribution in [0.15, 0.2) is 77.9 Å². The lowest BCUT2D eigenvalue weighted by Gasteiger charge is -2.10. The van der Waals surface area contributed by atoms with Crippen LogP contribution in [0.2, 0.25) is 0 Å². The Balaban J connectivity index is 1.57. The Labute approximate surface area is 173 Å². The van der Waals surface area contributed by atoms with Gasteiger partial charge < -0.3 is 10.1 Å². The SMILES string of the molecule is Cc1ccc(NC(=O)COc2ccccc2/C=N/Nc2ccc([N+](=O)[O-])cc2)cc1. The average molecular weight is 404 g/mol. The fourth-order valence-electron chi connectivity index (χ4n) is 2.53. The molecule has 3 aromatic rings. The summed E-state index contributed by atoms with van der Waals surface area (Å²) < 4.78 is 5.63. The predicted octanol–water partition coefficient (Wildman–Crippen LogP) is 4.37. The highest BCUT2D eigenvalue weighted by Crippen LogP contribution is 2.18. The molecule has 0 atom stereocenters. The van der Waals surface area contributed by atoms with Gasteiger partial charge in [0.2, 0.25) is 0 Å². The number of carbonyl (C=O) groups is 1. The van der Waals surface area contributed by atoms with Gasteiger partial charge in [-0.05, 0) is 43.3 Å². The number of nitro benzene ring substituents is 1. The number of anilines is 2. The molecule has 30 heavy (non-hydrogen) atoms. The summed E-state index contributed by atoms with van der Waals surface area (Å²) in [5.74, 6) is 0.236. The second-order valence-corrected chi connectivity index (χ2v) is 6.41. The molecule has 0 spiro atoms. The lowest BCUT2D eigenvalue weighted by Crippen LogP contribution is -2.20. The summed E-state index contributed by atoms with van der Waals surface area (Å²) in [6, 6.07) is 20.6. The standard InChI is InChI=1S/C22H20N4O4/c1-16-6-8-18(9-7-16)24-22(27)15-30-21-5-3-2-4-17(21)14-23-25-19-10-12-20(13-11-19)26(28)29/h2-14,25H,15H2,1H3,(H,24,27)/b23-14+. The number of rotatable bonds is 8. The largest absolute Gasteiger partial charge is 0.483 e. The van der Waals surface area contributed by atoms with Gasteiger partial charge in [0.15, 0.2) is 6.61 Å². The van der Waals surface area contributed by atoms with E-state index in [1.807, 2.05) is 37.3 Å². The second kappa shape index (κ2) is 9.83. The van der Waals surface area contributed by atoms with Crippen molar-refractivity contribution in [2.75, 3.05) is 17.3 Å². The molecule has 0 radical (unpaired) electrons. The Bertz CT molecular complexity index is 1050. The molecule has 0 saturated carbocycles. The maximum Gasteiger partial charge on any atom is 0.269 e. The molecule has 0 aliphatic heterocycles. The van der Waals surface area contributed by atoms with Crippen LogP contribution in [0.1, 0.15) is 11.1 Å². The van der Waals surface area contributed by atoms with Gasteiger partial charge in [-0.25, -0.2) is 0 Å². The normalized spacial score (nSPS) is 10.6. The molecule has 3 aromatic carbocycles. The fourth-order valence-corrected chi connectivity index (χ4v) is 2.53. The van der Waals surface area contributed by atoms with Gasteiger partial charge in [-0.2, -0.15) is 5.10 Å². The van der Waals surface area contributed by atoms with Crippen molar-refractivity contribution in [1.29, 1.82) is 0 Å². The highest BCUT2D eigenvalue weighted by molar-refractivity contribution is 5.92. The van der Waals surface area contributed by atoms with E-state index in [1.165, 1.54) is 12.1 Å². The van der Waals surface area contributed by atoms with Crippen LogP contribution in [0.3, 0.4) is 0 Å². The summed E-state index contributed by atoms with van der Waals surface area (Å²) in [5, 5.41) is 17.6. The van der Waals surface area contributed by atoms with Gasteiger partial charge in [-0.3, -0.25) is 20.3 Å². The zero-order chi connectivity index (χ0) is 21.3. The van der Waals surface area contributed by atoms with Crippen LogP contribution in [0.5, 0.6) is 5.75 Å². The van der Waals surface area contributed by atoms with Gasteiger partial charge >= 0.3 is 0 Å². The number of carbonyl (C=O) groups excluding carboxylic acids is 1. The van der Waals surface area contributed by atoms with E-state index in [1.54, 1.807) is 36.5 Å². The third-order valence-electron chi connectivity index (χ3n) is 4.09. The molecule has 0 unspecified atom stereocenters. The second-order valence-electron chi connectivity index (χ2n) is 6.41. The topological polar surface area (TPSA) is 106 Å². The zero-order valence-electron chi connectivity index (χ0n) is 16.2. The number of non-ortho nitro benzene ring substituents is 1. The van der Waals surface area contributed by atoms with Crippen molar-refractivity contribution < 1.29 is 14.5 Å². The molecule has 0 aliphatic carbocycles. The maximum atomic E-state index is 12.1. The minimum absolute atomic E-state index is 0.00666. The van der Waals surface area contributed by atoms with Crippen molar-refractivity contribution in [2.45, 2.75) is 6.92 Å². The number of hydrogen-bond donors (Lipinski definition) is 2. The van der Waals surface area contributed by atoms with Crippen LogP contribution >= 0.6 is 0 Å².